The predicted molar refractivity (Wildman–Crippen MR) is 63.7 cm³/mol. The Labute approximate surface area is 102 Å². The Morgan fingerprint density at radius 1 is 1.47 bits per heavy atom. The van der Waals surface area contributed by atoms with E-state index in [2.05, 4.69) is 13.8 Å². The second kappa shape index (κ2) is 3.66. The van der Waals surface area contributed by atoms with Crippen molar-refractivity contribution in [3.8, 4) is 0 Å². The lowest BCUT2D eigenvalue weighted by Gasteiger charge is -2.41. The summed E-state index contributed by atoms with van der Waals surface area (Å²) in [6.07, 6.45) is 2.87. The second-order valence-corrected chi connectivity index (χ2v) is 5.61. The molecule has 0 aromatic carbocycles. The zero-order valence-corrected chi connectivity index (χ0v) is 10.8. The maximum atomic E-state index is 12.1. The van der Waals surface area contributed by atoms with Crippen molar-refractivity contribution < 1.29 is 14.3 Å². The SMILES string of the molecule is CCO[C@@H]1C(=O)CC2=C(C)[C@H]3CC[C@H](O3)[C@@]21C. The van der Waals surface area contributed by atoms with E-state index in [1.165, 1.54) is 11.1 Å². The van der Waals surface area contributed by atoms with Crippen LogP contribution >= 0.6 is 0 Å². The van der Waals surface area contributed by atoms with E-state index in [1.54, 1.807) is 0 Å². The molecule has 2 aliphatic heterocycles. The van der Waals surface area contributed by atoms with E-state index in [0.29, 0.717) is 13.0 Å². The molecule has 4 atom stereocenters. The van der Waals surface area contributed by atoms with Crippen LogP contribution in [0.4, 0.5) is 0 Å². The van der Waals surface area contributed by atoms with Crippen LogP contribution < -0.4 is 0 Å². The van der Waals surface area contributed by atoms with Crippen LogP contribution in [0.3, 0.4) is 0 Å². The molecule has 3 aliphatic rings. The van der Waals surface area contributed by atoms with Gasteiger partial charge >= 0.3 is 0 Å². The Morgan fingerprint density at radius 3 is 2.94 bits per heavy atom. The van der Waals surface area contributed by atoms with E-state index in [4.69, 9.17) is 9.47 Å². The fourth-order valence-electron chi connectivity index (χ4n) is 3.90. The van der Waals surface area contributed by atoms with Crippen LogP contribution in [0.25, 0.3) is 0 Å². The summed E-state index contributed by atoms with van der Waals surface area (Å²) in [5.74, 6) is 0.236. The number of hydrogen-bond acceptors (Lipinski definition) is 3. The van der Waals surface area contributed by atoms with Crippen molar-refractivity contribution in [1.82, 2.24) is 0 Å². The van der Waals surface area contributed by atoms with Crippen molar-refractivity contribution in [2.45, 2.75) is 58.3 Å². The van der Waals surface area contributed by atoms with Gasteiger partial charge in [-0.3, -0.25) is 4.79 Å². The highest BCUT2D eigenvalue weighted by atomic mass is 16.5. The molecule has 2 fully saturated rings. The molecule has 1 saturated carbocycles. The number of Topliss-reactive ketones (excluding diaryl/α,β-unsaturated/α-hetero) is 1. The number of carbonyl (C=O) groups excluding carboxylic acids is 1. The summed E-state index contributed by atoms with van der Waals surface area (Å²) in [7, 11) is 0. The van der Waals surface area contributed by atoms with E-state index < -0.39 is 0 Å². The van der Waals surface area contributed by atoms with Crippen LogP contribution in [0.1, 0.15) is 40.0 Å². The first-order chi connectivity index (χ1) is 8.09. The molecular formula is C14H20O3. The topological polar surface area (TPSA) is 35.5 Å². The average Bonchev–Trinajstić information content (AvgIpc) is 2.85. The number of carbonyl (C=O) groups is 1. The first-order valence-corrected chi connectivity index (χ1v) is 6.59. The number of hydrogen-bond donors (Lipinski definition) is 0. The lowest BCUT2D eigenvalue weighted by molar-refractivity contribution is -0.138. The second-order valence-electron chi connectivity index (χ2n) is 5.61. The van der Waals surface area contributed by atoms with Crippen molar-refractivity contribution in [2.75, 3.05) is 6.61 Å². The van der Waals surface area contributed by atoms with Gasteiger partial charge in [0.1, 0.15) is 6.10 Å². The van der Waals surface area contributed by atoms with Gasteiger partial charge in [0.2, 0.25) is 0 Å². The van der Waals surface area contributed by atoms with Crippen LogP contribution in [0.2, 0.25) is 0 Å². The normalized spacial score (nSPS) is 44.4. The molecule has 0 unspecified atom stereocenters. The maximum absolute atomic E-state index is 12.1. The van der Waals surface area contributed by atoms with Gasteiger partial charge in [-0.05, 0) is 37.8 Å². The zero-order chi connectivity index (χ0) is 12.2. The summed E-state index contributed by atoms with van der Waals surface area (Å²) in [4.78, 5) is 12.1. The third-order valence-electron chi connectivity index (χ3n) is 4.82. The Hall–Kier alpha value is -0.670. The summed E-state index contributed by atoms with van der Waals surface area (Å²) >= 11 is 0. The van der Waals surface area contributed by atoms with Gasteiger partial charge in [-0.15, -0.1) is 0 Å². The van der Waals surface area contributed by atoms with Crippen LogP contribution in [0, 0.1) is 5.41 Å². The minimum absolute atomic E-state index is 0.175. The van der Waals surface area contributed by atoms with Gasteiger partial charge in [-0.2, -0.15) is 0 Å². The summed E-state index contributed by atoms with van der Waals surface area (Å²) in [6, 6.07) is 0. The Kier molecular flexibility index (Phi) is 2.46. The van der Waals surface area contributed by atoms with Gasteiger partial charge in [0.15, 0.2) is 5.78 Å². The van der Waals surface area contributed by atoms with Gasteiger partial charge < -0.3 is 9.47 Å². The lowest BCUT2D eigenvalue weighted by Crippen LogP contribution is -2.46. The predicted octanol–water partition coefficient (Wildman–Crippen LogP) is 2.25. The number of ketones is 1. The fraction of sp³-hybridized carbons (Fsp3) is 0.786. The molecule has 2 heterocycles. The summed E-state index contributed by atoms with van der Waals surface area (Å²) < 4.78 is 11.8. The maximum Gasteiger partial charge on any atom is 0.166 e. The van der Waals surface area contributed by atoms with E-state index in [-0.39, 0.29) is 29.5 Å². The van der Waals surface area contributed by atoms with E-state index in [0.717, 1.165) is 12.8 Å². The quantitative estimate of drug-likeness (QED) is 0.690. The molecule has 1 saturated heterocycles. The molecule has 2 bridgehead atoms. The highest BCUT2D eigenvalue weighted by Gasteiger charge is 2.59. The highest BCUT2D eigenvalue weighted by molar-refractivity contribution is 5.91. The van der Waals surface area contributed by atoms with Crippen LogP contribution in [0.15, 0.2) is 11.1 Å². The van der Waals surface area contributed by atoms with Crippen LogP contribution in [-0.2, 0) is 14.3 Å². The summed E-state index contributed by atoms with van der Waals surface area (Å²) in [6.45, 7) is 6.82. The van der Waals surface area contributed by atoms with Crippen LogP contribution in [-0.4, -0.2) is 30.7 Å². The molecule has 94 valence electrons. The van der Waals surface area contributed by atoms with Crippen LogP contribution in [0.5, 0.6) is 0 Å². The standard InChI is InChI=1S/C14H20O3/c1-4-16-13-10(15)7-9-8(2)11-5-6-12(17-11)14(9,13)3/h11-13H,4-7H2,1-3H3/t11-,12+,13-,14-/m1/s1. The lowest BCUT2D eigenvalue weighted by atomic mass is 9.74. The largest absolute Gasteiger partial charge is 0.370 e. The third-order valence-corrected chi connectivity index (χ3v) is 4.82. The molecule has 0 N–H and O–H groups in total. The summed E-state index contributed by atoms with van der Waals surface area (Å²) in [5.41, 5.74) is 2.39. The Bertz CT molecular complexity index is 398. The van der Waals surface area contributed by atoms with Gasteiger partial charge in [-0.25, -0.2) is 0 Å². The molecule has 0 aromatic rings. The Balaban J connectivity index is 2.08. The van der Waals surface area contributed by atoms with Crippen molar-refractivity contribution in [2.24, 2.45) is 5.41 Å². The van der Waals surface area contributed by atoms with Gasteiger partial charge in [0.05, 0.1) is 12.2 Å². The fourth-order valence-corrected chi connectivity index (χ4v) is 3.90. The number of ether oxygens (including phenoxy) is 2. The summed E-state index contributed by atoms with van der Waals surface area (Å²) in [5, 5.41) is 0. The van der Waals surface area contributed by atoms with E-state index in [1.807, 2.05) is 6.92 Å². The van der Waals surface area contributed by atoms with Crippen molar-refractivity contribution >= 4 is 5.78 Å². The third kappa shape index (κ3) is 1.33. The molecule has 3 heteroatoms. The van der Waals surface area contributed by atoms with Crippen molar-refractivity contribution in [1.29, 1.82) is 0 Å². The Morgan fingerprint density at radius 2 is 2.24 bits per heavy atom. The van der Waals surface area contributed by atoms with E-state index in [9.17, 15) is 4.79 Å². The van der Waals surface area contributed by atoms with Crippen molar-refractivity contribution in [3.63, 3.8) is 0 Å². The minimum atomic E-state index is -0.290. The van der Waals surface area contributed by atoms with E-state index >= 15 is 0 Å². The zero-order valence-electron chi connectivity index (χ0n) is 10.8. The molecule has 3 rings (SSSR count). The number of fused-ring (bicyclic) bond motifs is 4. The molecule has 0 amide bonds. The first-order valence-electron chi connectivity index (χ1n) is 6.59. The molecule has 0 radical (unpaired) electrons. The van der Waals surface area contributed by atoms with Crippen molar-refractivity contribution in [3.05, 3.63) is 11.1 Å². The smallest absolute Gasteiger partial charge is 0.166 e. The molecule has 0 spiro atoms. The highest BCUT2D eigenvalue weighted by Crippen LogP contribution is 2.55. The monoisotopic (exact) mass is 236 g/mol. The average molecular weight is 236 g/mol. The molecule has 1 aliphatic carbocycles. The molecular weight excluding hydrogens is 216 g/mol. The first kappa shape index (κ1) is 11.4. The molecule has 3 nitrogen and oxygen atoms in total. The van der Waals surface area contributed by atoms with Gasteiger partial charge in [0.25, 0.3) is 0 Å². The number of rotatable bonds is 2. The molecule has 0 aromatic heterocycles. The van der Waals surface area contributed by atoms with Gasteiger partial charge in [-0.1, -0.05) is 6.92 Å². The molecule has 17 heavy (non-hydrogen) atoms. The minimum Gasteiger partial charge on any atom is -0.370 e. The van der Waals surface area contributed by atoms with Gasteiger partial charge in [0, 0.05) is 18.4 Å².